The number of pyridine rings is 1. The lowest BCUT2D eigenvalue weighted by molar-refractivity contribution is -0.274. The molecule has 2 aromatic carbocycles. The Morgan fingerprint density at radius 3 is 2.48 bits per heavy atom. The number of nitrogens with one attached hydrogen (secondary N) is 1. The van der Waals surface area contributed by atoms with Crippen LogP contribution in [0.5, 0.6) is 5.75 Å². The van der Waals surface area contributed by atoms with Gasteiger partial charge in [0.1, 0.15) is 11.4 Å². The second-order valence-corrected chi connectivity index (χ2v) is 7.30. The number of hydrogen-bond acceptors (Lipinski definition) is 4. The molecule has 1 amide bonds. The van der Waals surface area contributed by atoms with Crippen molar-refractivity contribution in [2.24, 2.45) is 0 Å². The molecule has 1 atom stereocenters. The molecule has 2 N–H and O–H groups in total. The number of aliphatic hydroxyl groups excluding tert-OH is 1. The highest BCUT2D eigenvalue weighted by atomic mass is 19.4. The number of carbonyl (C=O) groups excluding carboxylic acids is 1. The molecule has 160 valence electrons. The second kappa shape index (κ2) is 8.39. The van der Waals surface area contributed by atoms with Gasteiger partial charge in [0.15, 0.2) is 0 Å². The van der Waals surface area contributed by atoms with Crippen LogP contribution in [0.2, 0.25) is 0 Å². The van der Waals surface area contributed by atoms with Crippen LogP contribution in [0.4, 0.5) is 18.9 Å². The number of carbonyl (C=O) groups is 1. The zero-order valence-corrected chi connectivity index (χ0v) is 16.3. The van der Waals surface area contributed by atoms with E-state index in [-0.39, 0.29) is 17.4 Å². The predicted octanol–water partition coefficient (Wildman–Crippen LogP) is 4.75. The number of alkyl halides is 3. The molecule has 3 aromatic rings. The number of nitrogens with zero attached hydrogens (tertiary/aromatic N) is 1. The van der Waals surface area contributed by atoms with E-state index in [1.807, 2.05) is 12.1 Å². The fraction of sp³-hybridized carbons (Fsp3) is 0.217. The van der Waals surface area contributed by atoms with Crippen LogP contribution in [-0.4, -0.2) is 28.5 Å². The fourth-order valence-electron chi connectivity index (χ4n) is 3.62. The number of ether oxygens (including phenoxy) is 1. The lowest BCUT2D eigenvalue weighted by Crippen LogP contribution is -2.22. The Kier molecular flexibility index (Phi) is 5.65. The Morgan fingerprint density at radius 1 is 1.06 bits per heavy atom. The molecule has 1 aliphatic carbocycles. The average molecular weight is 428 g/mol. The van der Waals surface area contributed by atoms with Gasteiger partial charge in [0.05, 0.1) is 6.10 Å². The van der Waals surface area contributed by atoms with E-state index < -0.39 is 12.5 Å². The zero-order valence-electron chi connectivity index (χ0n) is 16.3. The van der Waals surface area contributed by atoms with Gasteiger partial charge in [0.2, 0.25) is 0 Å². The van der Waals surface area contributed by atoms with Crippen molar-refractivity contribution in [2.75, 3.05) is 5.32 Å². The first-order chi connectivity index (χ1) is 14.8. The van der Waals surface area contributed by atoms with Crippen LogP contribution in [0.1, 0.15) is 28.0 Å². The number of hydrogen-bond donors (Lipinski definition) is 2. The number of rotatable bonds is 4. The van der Waals surface area contributed by atoms with Gasteiger partial charge in [-0.15, -0.1) is 13.2 Å². The SMILES string of the molecule is O=C(Nc1cccc2c1C[C@H](O)CC2)c1ccc(-c2ccc(OC(F)(F)F)cc2)cn1. The first-order valence-electron chi connectivity index (χ1n) is 9.71. The number of aromatic nitrogens is 1. The fourth-order valence-corrected chi connectivity index (χ4v) is 3.62. The summed E-state index contributed by atoms with van der Waals surface area (Å²) in [6, 6.07) is 14.3. The molecule has 0 radical (unpaired) electrons. The molecule has 1 heterocycles. The average Bonchev–Trinajstić information content (AvgIpc) is 2.74. The lowest BCUT2D eigenvalue weighted by Gasteiger charge is -2.23. The van der Waals surface area contributed by atoms with Crippen molar-refractivity contribution in [3.05, 3.63) is 77.6 Å². The molecular weight excluding hydrogens is 409 g/mol. The zero-order chi connectivity index (χ0) is 22.0. The number of benzene rings is 2. The number of amides is 1. The smallest absolute Gasteiger partial charge is 0.406 e. The van der Waals surface area contributed by atoms with E-state index in [9.17, 15) is 23.1 Å². The monoisotopic (exact) mass is 428 g/mol. The maximum Gasteiger partial charge on any atom is 0.573 e. The van der Waals surface area contributed by atoms with Gasteiger partial charge in [-0.05, 0) is 53.8 Å². The van der Waals surface area contributed by atoms with Crippen LogP contribution < -0.4 is 10.1 Å². The van der Waals surface area contributed by atoms with Gasteiger partial charge in [0.25, 0.3) is 5.91 Å². The Morgan fingerprint density at radius 2 is 1.81 bits per heavy atom. The van der Waals surface area contributed by atoms with Gasteiger partial charge in [-0.1, -0.05) is 30.3 Å². The molecule has 0 saturated carbocycles. The first kappa shape index (κ1) is 20.9. The maximum absolute atomic E-state index is 12.6. The molecule has 0 aliphatic heterocycles. The standard InChI is InChI=1S/C23H19F3N2O3/c24-23(25,26)31-18-9-5-14(6-10-18)16-7-11-21(27-13-16)22(30)28-20-3-1-2-15-4-8-17(29)12-19(15)20/h1-3,5-7,9-11,13,17,29H,4,8,12H2,(H,28,30)/t17-/m1/s1. The quantitative estimate of drug-likeness (QED) is 0.629. The molecule has 31 heavy (non-hydrogen) atoms. The number of halogens is 3. The van der Waals surface area contributed by atoms with Gasteiger partial charge in [-0.25, -0.2) is 0 Å². The summed E-state index contributed by atoms with van der Waals surface area (Å²) in [6.45, 7) is 0. The maximum atomic E-state index is 12.6. The second-order valence-electron chi connectivity index (χ2n) is 7.30. The van der Waals surface area contributed by atoms with E-state index >= 15 is 0 Å². The first-order valence-corrected chi connectivity index (χ1v) is 9.71. The summed E-state index contributed by atoms with van der Waals surface area (Å²) in [4.78, 5) is 16.8. The highest BCUT2D eigenvalue weighted by molar-refractivity contribution is 6.03. The van der Waals surface area contributed by atoms with Crippen molar-refractivity contribution in [3.63, 3.8) is 0 Å². The third kappa shape index (κ3) is 5.03. The predicted molar refractivity (Wildman–Crippen MR) is 109 cm³/mol. The van der Waals surface area contributed by atoms with Crippen LogP contribution in [-0.2, 0) is 12.8 Å². The van der Waals surface area contributed by atoms with Gasteiger partial charge < -0.3 is 15.2 Å². The third-order valence-electron chi connectivity index (χ3n) is 5.13. The molecule has 4 rings (SSSR count). The summed E-state index contributed by atoms with van der Waals surface area (Å²) in [7, 11) is 0. The van der Waals surface area contributed by atoms with Crippen LogP contribution in [0.3, 0.4) is 0 Å². The van der Waals surface area contributed by atoms with E-state index in [1.165, 1.54) is 30.5 Å². The number of fused-ring (bicyclic) bond motifs is 1. The lowest BCUT2D eigenvalue weighted by atomic mass is 9.88. The minimum absolute atomic E-state index is 0.203. The Labute approximate surface area is 176 Å². The minimum atomic E-state index is -4.74. The summed E-state index contributed by atoms with van der Waals surface area (Å²) in [5.74, 6) is -0.689. The third-order valence-corrected chi connectivity index (χ3v) is 5.13. The highest BCUT2D eigenvalue weighted by Crippen LogP contribution is 2.29. The molecule has 0 fully saturated rings. The molecule has 0 saturated heterocycles. The van der Waals surface area contributed by atoms with E-state index in [0.29, 0.717) is 29.7 Å². The van der Waals surface area contributed by atoms with Crippen molar-refractivity contribution < 1.29 is 27.8 Å². The van der Waals surface area contributed by atoms with E-state index in [4.69, 9.17) is 0 Å². The largest absolute Gasteiger partial charge is 0.573 e. The number of aryl methyl sites for hydroxylation is 1. The van der Waals surface area contributed by atoms with Crippen molar-refractivity contribution in [1.29, 1.82) is 0 Å². The summed E-state index contributed by atoms with van der Waals surface area (Å²) >= 11 is 0. The summed E-state index contributed by atoms with van der Waals surface area (Å²) in [5, 5.41) is 12.8. The molecule has 8 heteroatoms. The summed E-state index contributed by atoms with van der Waals surface area (Å²) < 4.78 is 40.7. The number of aliphatic hydroxyl groups is 1. The topological polar surface area (TPSA) is 71.5 Å². The molecule has 0 bridgehead atoms. The summed E-state index contributed by atoms with van der Waals surface area (Å²) in [5.41, 5.74) is 4.20. The van der Waals surface area contributed by atoms with Gasteiger partial charge >= 0.3 is 6.36 Å². The molecular formula is C23H19F3N2O3. The molecule has 1 aromatic heterocycles. The van der Waals surface area contributed by atoms with Crippen molar-refractivity contribution in [1.82, 2.24) is 4.98 Å². The summed E-state index contributed by atoms with van der Waals surface area (Å²) in [6.07, 6.45) is -1.72. The number of anilines is 1. The molecule has 1 aliphatic rings. The van der Waals surface area contributed by atoms with Crippen molar-refractivity contribution in [2.45, 2.75) is 31.7 Å². The molecule has 0 unspecified atom stereocenters. The van der Waals surface area contributed by atoms with Crippen LogP contribution in [0.25, 0.3) is 11.1 Å². The highest BCUT2D eigenvalue weighted by Gasteiger charge is 2.31. The van der Waals surface area contributed by atoms with Crippen LogP contribution in [0.15, 0.2) is 60.8 Å². The molecule has 0 spiro atoms. The van der Waals surface area contributed by atoms with E-state index in [2.05, 4.69) is 15.0 Å². The van der Waals surface area contributed by atoms with Crippen LogP contribution >= 0.6 is 0 Å². The van der Waals surface area contributed by atoms with Crippen molar-refractivity contribution in [3.8, 4) is 16.9 Å². The Hall–Kier alpha value is -3.39. The van der Waals surface area contributed by atoms with Gasteiger partial charge in [0, 0.05) is 23.9 Å². The van der Waals surface area contributed by atoms with E-state index in [0.717, 1.165) is 17.5 Å². The van der Waals surface area contributed by atoms with Gasteiger partial charge in [-0.2, -0.15) is 0 Å². The van der Waals surface area contributed by atoms with Crippen molar-refractivity contribution >= 4 is 11.6 Å². The van der Waals surface area contributed by atoms with Crippen LogP contribution in [0, 0.1) is 0 Å². The Balaban J connectivity index is 1.47. The normalized spacial score (nSPS) is 15.8. The van der Waals surface area contributed by atoms with Gasteiger partial charge in [-0.3, -0.25) is 9.78 Å². The molecule has 5 nitrogen and oxygen atoms in total. The Bertz CT molecular complexity index is 1080. The van der Waals surface area contributed by atoms with E-state index in [1.54, 1.807) is 18.2 Å². The minimum Gasteiger partial charge on any atom is -0.406 e.